The van der Waals surface area contributed by atoms with E-state index >= 15 is 0 Å². The molecule has 0 aromatic carbocycles. The van der Waals surface area contributed by atoms with Crippen LogP contribution in [-0.2, 0) is 4.79 Å². The molecule has 0 rings (SSSR count). The fourth-order valence-corrected chi connectivity index (χ4v) is 2.44. The molecular formula is C20H35NO. The van der Waals surface area contributed by atoms with E-state index in [2.05, 4.69) is 66.4 Å². The lowest BCUT2D eigenvalue weighted by molar-refractivity contribution is -0.127. The van der Waals surface area contributed by atoms with E-state index in [1.54, 1.807) is 0 Å². The second-order valence-electron chi connectivity index (χ2n) is 8.12. The molecule has 22 heavy (non-hydrogen) atoms. The van der Waals surface area contributed by atoms with Crippen LogP contribution in [0, 0.1) is 17.3 Å². The van der Waals surface area contributed by atoms with Gasteiger partial charge < -0.3 is 5.32 Å². The van der Waals surface area contributed by atoms with E-state index in [-0.39, 0.29) is 17.2 Å². The van der Waals surface area contributed by atoms with E-state index in [4.69, 9.17) is 0 Å². The molecule has 0 fully saturated rings. The summed E-state index contributed by atoms with van der Waals surface area (Å²) in [5, 5.41) is 3.10. The Balaban J connectivity index is 4.93. The Hall–Kier alpha value is -1.31. The van der Waals surface area contributed by atoms with Gasteiger partial charge in [0.05, 0.1) is 0 Å². The summed E-state index contributed by atoms with van der Waals surface area (Å²) in [4.78, 5) is 12.6. The van der Waals surface area contributed by atoms with E-state index in [9.17, 15) is 4.79 Å². The summed E-state index contributed by atoms with van der Waals surface area (Å²) in [7, 11) is 0. The molecule has 126 valence electrons. The maximum atomic E-state index is 12.6. The number of hydrogen-bond acceptors (Lipinski definition) is 1. The zero-order valence-corrected chi connectivity index (χ0v) is 15.8. The maximum Gasteiger partial charge on any atom is 0.223 e. The third-order valence-electron chi connectivity index (χ3n) is 3.35. The smallest absolute Gasteiger partial charge is 0.223 e. The minimum Gasteiger partial charge on any atom is -0.352 e. The highest BCUT2D eigenvalue weighted by molar-refractivity contribution is 5.79. The van der Waals surface area contributed by atoms with E-state index < -0.39 is 0 Å². The molecule has 0 aromatic heterocycles. The van der Waals surface area contributed by atoms with Crippen LogP contribution in [0.3, 0.4) is 0 Å². The van der Waals surface area contributed by atoms with Crippen molar-refractivity contribution in [2.45, 2.75) is 61.8 Å². The van der Waals surface area contributed by atoms with Crippen LogP contribution < -0.4 is 5.32 Å². The number of carbonyl (C=O) groups is 1. The van der Waals surface area contributed by atoms with Crippen molar-refractivity contribution in [1.82, 2.24) is 5.32 Å². The average molecular weight is 306 g/mol. The molecule has 1 amide bonds. The van der Waals surface area contributed by atoms with E-state index in [1.807, 2.05) is 13.0 Å². The molecule has 0 radical (unpaired) electrons. The molecule has 0 aliphatic rings. The van der Waals surface area contributed by atoms with Gasteiger partial charge in [-0.05, 0) is 44.1 Å². The molecule has 0 spiro atoms. The summed E-state index contributed by atoms with van der Waals surface area (Å²) in [6.45, 7) is 21.4. The molecule has 1 atom stereocenters. The summed E-state index contributed by atoms with van der Waals surface area (Å²) in [5.41, 5.74) is 3.47. The van der Waals surface area contributed by atoms with Crippen LogP contribution in [0.2, 0.25) is 0 Å². The number of carbonyl (C=O) groups excluding carboxylic acids is 1. The second kappa shape index (κ2) is 8.97. The van der Waals surface area contributed by atoms with E-state index in [0.29, 0.717) is 12.5 Å². The summed E-state index contributed by atoms with van der Waals surface area (Å²) >= 11 is 0. The molecule has 1 unspecified atom stereocenters. The standard InChI is InChI=1S/C20H35NO/c1-14(2)10-17(11-15(3)4)13-21-19(22)18(16(5)6)12-20(7,8)9/h10-11,16,18H,1,12-13H2,2-9H3,(H,21,22)/b17-10+. The fraction of sp³-hybridized carbons (Fsp3) is 0.650. The lowest BCUT2D eigenvalue weighted by Crippen LogP contribution is -2.36. The van der Waals surface area contributed by atoms with Gasteiger partial charge in [0.2, 0.25) is 5.91 Å². The Labute approximate surface area is 137 Å². The number of nitrogens with one attached hydrogen (secondary N) is 1. The van der Waals surface area contributed by atoms with Crippen molar-refractivity contribution < 1.29 is 4.79 Å². The Morgan fingerprint density at radius 3 is 2.05 bits per heavy atom. The first-order valence-electron chi connectivity index (χ1n) is 8.21. The fourth-order valence-electron chi connectivity index (χ4n) is 2.44. The summed E-state index contributed by atoms with van der Waals surface area (Å²) in [5.74, 6) is 0.550. The lowest BCUT2D eigenvalue weighted by Gasteiger charge is -2.28. The first-order valence-corrected chi connectivity index (χ1v) is 8.21. The van der Waals surface area contributed by atoms with E-state index in [1.165, 1.54) is 5.57 Å². The predicted octanol–water partition coefficient (Wildman–Crippen LogP) is 5.28. The molecule has 0 bridgehead atoms. The highest BCUT2D eigenvalue weighted by atomic mass is 16.1. The van der Waals surface area contributed by atoms with Crippen LogP contribution in [-0.4, -0.2) is 12.5 Å². The Morgan fingerprint density at radius 1 is 1.14 bits per heavy atom. The third kappa shape index (κ3) is 9.59. The molecular weight excluding hydrogens is 270 g/mol. The van der Waals surface area contributed by atoms with Crippen LogP contribution >= 0.6 is 0 Å². The van der Waals surface area contributed by atoms with Crippen molar-refractivity contribution in [3.63, 3.8) is 0 Å². The highest BCUT2D eigenvalue weighted by Gasteiger charge is 2.27. The summed E-state index contributed by atoms with van der Waals surface area (Å²) < 4.78 is 0. The van der Waals surface area contributed by atoms with Gasteiger partial charge in [-0.25, -0.2) is 0 Å². The Kier molecular flexibility index (Phi) is 8.44. The average Bonchev–Trinajstić information content (AvgIpc) is 2.29. The second-order valence-corrected chi connectivity index (χ2v) is 8.12. The molecule has 0 aliphatic carbocycles. The van der Waals surface area contributed by atoms with Crippen molar-refractivity contribution in [2.24, 2.45) is 17.3 Å². The number of hydrogen-bond donors (Lipinski definition) is 1. The lowest BCUT2D eigenvalue weighted by atomic mass is 9.79. The molecule has 0 saturated carbocycles. The Bertz CT molecular complexity index is 443. The number of amides is 1. The molecule has 2 heteroatoms. The molecule has 1 N–H and O–H groups in total. The van der Waals surface area contributed by atoms with Gasteiger partial charge in [-0.15, -0.1) is 0 Å². The van der Waals surface area contributed by atoms with E-state index in [0.717, 1.165) is 17.6 Å². The molecule has 0 aliphatic heterocycles. The van der Waals surface area contributed by atoms with Crippen molar-refractivity contribution in [3.8, 4) is 0 Å². The number of allylic oxidation sites excluding steroid dienone is 3. The minimum atomic E-state index is 0.0535. The normalized spacial score (nSPS) is 13.8. The Morgan fingerprint density at radius 2 is 1.68 bits per heavy atom. The largest absolute Gasteiger partial charge is 0.352 e. The van der Waals surface area contributed by atoms with Gasteiger partial charge in [-0.1, -0.05) is 64.5 Å². The quantitative estimate of drug-likeness (QED) is 0.637. The first-order chi connectivity index (χ1) is 9.92. The van der Waals surface area contributed by atoms with Crippen LogP contribution in [0.15, 0.2) is 35.5 Å². The monoisotopic (exact) mass is 305 g/mol. The maximum absolute atomic E-state index is 12.6. The van der Waals surface area contributed by atoms with Gasteiger partial charge in [0.25, 0.3) is 0 Å². The van der Waals surface area contributed by atoms with Crippen molar-refractivity contribution in [2.75, 3.05) is 6.54 Å². The highest BCUT2D eigenvalue weighted by Crippen LogP contribution is 2.29. The number of rotatable bonds is 7. The van der Waals surface area contributed by atoms with Crippen LogP contribution in [0.5, 0.6) is 0 Å². The predicted molar refractivity (Wildman–Crippen MR) is 97.7 cm³/mol. The SMILES string of the molecule is C=C(C)/C=C(\C=C(C)C)CNC(=O)C(CC(C)(C)C)C(C)C. The van der Waals surface area contributed by atoms with Gasteiger partial charge in [0.1, 0.15) is 0 Å². The van der Waals surface area contributed by atoms with Gasteiger partial charge >= 0.3 is 0 Å². The topological polar surface area (TPSA) is 29.1 Å². The molecule has 0 aromatic rings. The van der Waals surface area contributed by atoms with Crippen LogP contribution in [0.4, 0.5) is 0 Å². The van der Waals surface area contributed by atoms with Gasteiger partial charge in [0.15, 0.2) is 0 Å². The van der Waals surface area contributed by atoms with Gasteiger partial charge in [-0.3, -0.25) is 4.79 Å². The van der Waals surface area contributed by atoms with Crippen LogP contribution in [0.25, 0.3) is 0 Å². The van der Waals surface area contributed by atoms with Crippen molar-refractivity contribution in [3.05, 3.63) is 35.5 Å². The molecule has 0 saturated heterocycles. The summed E-state index contributed by atoms with van der Waals surface area (Å²) in [6.07, 6.45) is 5.03. The van der Waals surface area contributed by atoms with Crippen LogP contribution in [0.1, 0.15) is 61.8 Å². The van der Waals surface area contributed by atoms with Gasteiger partial charge in [0, 0.05) is 12.5 Å². The van der Waals surface area contributed by atoms with Gasteiger partial charge in [-0.2, -0.15) is 0 Å². The summed E-state index contributed by atoms with van der Waals surface area (Å²) in [6, 6.07) is 0. The van der Waals surface area contributed by atoms with Crippen molar-refractivity contribution >= 4 is 5.91 Å². The minimum absolute atomic E-state index is 0.0535. The zero-order chi connectivity index (χ0) is 17.5. The zero-order valence-electron chi connectivity index (χ0n) is 15.8. The first kappa shape index (κ1) is 20.7. The molecule has 2 nitrogen and oxygen atoms in total. The third-order valence-corrected chi connectivity index (χ3v) is 3.35. The molecule has 0 heterocycles. The van der Waals surface area contributed by atoms with Crippen molar-refractivity contribution in [1.29, 1.82) is 0 Å².